The van der Waals surface area contributed by atoms with Crippen LogP contribution in [0.4, 0.5) is 8.78 Å². The molecule has 1 unspecified atom stereocenters. The van der Waals surface area contributed by atoms with Crippen molar-refractivity contribution in [2.24, 2.45) is 11.8 Å². The highest BCUT2D eigenvalue weighted by Crippen LogP contribution is 2.37. The number of rotatable bonds is 3. The lowest BCUT2D eigenvalue weighted by Gasteiger charge is -2.36. The predicted octanol–water partition coefficient (Wildman–Crippen LogP) is 3.84. The van der Waals surface area contributed by atoms with E-state index in [2.05, 4.69) is 15.9 Å². The Kier molecular flexibility index (Phi) is 5.21. The van der Waals surface area contributed by atoms with Gasteiger partial charge in [-0.15, -0.1) is 0 Å². The van der Waals surface area contributed by atoms with E-state index in [0.29, 0.717) is 18.8 Å². The molecular weight excluding hydrogens is 316 g/mol. The second-order valence-corrected chi connectivity index (χ2v) is 6.69. The fourth-order valence-corrected chi connectivity index (χ4v) is 3.85. The summed E-state index contributed by atoms with van der Waals surface area (Å²) in [7, 11) is 0. The van der Waals surface area contributed by atoms with Crippen molar-refractivity contribution in [2.75, 3.05) is 18.4 Å². The molecule has 1 heterocycles. The highest BCUT2D eigenvalue weighted by atomic mass is 79.9. The van der Waals surface area contributed by atoms with Crippen LogP contribution in [0.25, 0.3) is 0 Å². The van der Waals surface area contributed by atoms with E-state index >= 15 is 0 Å². The molecule has 1 saturated carbocycles. The smallest absolute Gasteiger partial charge is 0.248 e. The van der Waals surface area contributed by atoms with Crippen molar-refractivity contribution in [3.8, 4) is 0 Å². The van der Waals surface area contributed by atoms with Gasteiger partial charge in [-0.1, -0.05) is 15.9 Å². The number of carbonyl (C=O) groups excluding carboxylic acids is 1. The summed E-state index contributed by atoms with van der Waals surface area (Å²) in [5.41, 5.74) is 0. The average Bonchev–Trinajstić information content (AvgIpc) is 2.39. The number of likely N-dealkylation sites (tertiary alicyclic amines) is 1. The van der Waals surface area contributed by atoms with Gasteiger partial charge in [-0.25, -0.2) is 8.78 Å². The van der Waals surface area contributed by atoms with E-state index in [9.17, 15) is 13.6 Å². The summed E-state index contributed by atoms with van der Waals surface area (Å²) in [6.07, 6.45) is 3.78. The summed E-state index contributed by atoms with van der Waals surface area (Å²) in [6.45, 7) is 1.63. The Morgan fingerprint density at radius 1 is 1.26 bits per heavy atom. The maximum absolute atomic E-state index is 13.1. The highest BCUT2D eigenvalue weighted by Gasteiger charge is 2.39. The molecule has 1 amide bonds. The van der Waals surface area contributed by atoms with Gasteiger partial charge in [0.15, 0.2) is 0 Å². The van der Waals surface area contributed by atoms with Crippen molar-refractivity contribution in [1.29, 1.82) is 0 Å². The molecule has 2 fully saturated rings. The molecule has 1 saturated heterocycles. The van der Waals surface area contributed by atoms with E-state index in [1.165, 1.54) is 6.42 Å². The standard InChI is InChI=1S/C14H22BrF2NO/c15-8-5-11-2-1-9-18(10-11)13(19)12-3-6-14(16,17)7-4-12/h11-12H,1-10H2. The van der Waals surface area contributed by atoms with Gasteiger partial charge in [0, 0.05) is 37.2 Å². The quantitative estimate of drug-likeness (QED) is 0.716. The van der Waals surface area contributed by atoms with Crippen LogP contribution in [-0.2, 0) is 4.79 Å². The number of halogens is 3. The number of hydrogen-bond donors (Lipinski definition) is 0. The first-order chi connectivity index (χ1) is 9.02. The van der Waals surface area contributed by atoms with Crippen LogP contribution in [0.5, 0.6) is 0 Å². The second kappa shape index (κ2) is 6.51. The Bertz CT molecular complexity index is 313. The van der Waals surface area contributed by atoms with Crippen LogP contribution >= 0.6 is 15.9 Å². The molecule has 2 nitrogen and oxygen atoms in total. The third-order valence-electron chi connectivity index (χ3n) is 4.41. The van der Waals surface area contributed by atoms with Crippen molar-refractivity contribution in [1.82, 2.24) is 4.90 Å². The van der Waals surface area contributed by atoms with Gasteiger partial charge < -0.3 is 4.90 Å². The SMILES string of the molecule is O=C(C1CCC(F)(F)CC1)N1CCCC(CCBr)C1. The largest absolute Gasteiger partial charge is 0.342 e. The van der Waals surface area contributed by atoms with Crippen molar-refractivity contribution in [2.45, 2.75) is 50.9 Å². The predicted molar refractivity (Wildman–Crippen MR) is 74.6 cm³/mol. The normalized spacial score (nSPS) is 28.4. The van der Waals surface area contributed by atoms with Crippen LogP contribution in [0.3, 0.4) is 0 Å². The Morgan fingerprint density at radius 3 is 2.58 bits per heavy atom. The monoisotopic (exact) mass is 337 g/mol. The molecule has 0 N–H and O–H groups in total. The van der Waals surface area contributed by atoms with E-state index in [4.69, 9.17) is 0 Å². The van der Waals surface area contributed by atoms with Gasteiger partial charge in [-0.05, 0) is 38.0 Å². The van der Waals surface area contributed by atoms with Crippen molar-refractivity contribution in [3.63, 3.8) is 0 Å². The van der Waals surface area contributed by atoms with Crippen LogP contribution in [-0.4, -0.2) is 35.1 Å². The molecule has 5 heteroatoms. The van der Waals surface area contributed by atoms with E-state index in [0.717, 1.165) is 31.3 Å². The van der Waals surface area contributed by atoms with Crippen LogP contribution in [0, 0.1) is 11.8 Å². The van der Waals surface area contributed by atoms with Crippen LogP contribution in [0.2, 0.25) is 0 Å². The summed E-state index contributed by atoms with van der Waals surface area (Å²) in [5.74, 6) is -2.02. The molecule has 0 aromatic carbocycles. The van der Waals surface area contributed by atoms with Gasteiger partial charge in [-0.2, -0.15) is 0 Å². The first kappa shape index (κ1) is 15.2. The zero-order valence-electron chi connectivity index (χ0n) is 11.2. The van der Waals surface area contributed by atoms with Gasteiger partial charge in [0.05, 0.1) is 0 Å². The maximum Gasteiger partial charge on any atom is 0.248 e. The van der Waals surface area contributed by atoms with E-state index in [-0.39, 0.29) is 24.7 Å². The van der Waals surface area contributed by atoms with E-state index < -0.39 is 5.92 Å². The Labute approximate surface area is 122 Å². The van der Waals surface area contributed by atoms with Crippen molar-refractivity contribution < 1.29 is 13.6 Å². The fourth-order valence-electron chi connectivity index (χ4n) is 3.20. The third-order valence-corrected chi connectivity index (χ3v) is 4.87. The second-order valence-electron chi connectivity index (χ2n) is 5.90. The van der Waals surface area contributed by atoms with Crippen LogP contribution in [0.15, 0.2) is 0 Å². The lowest BCUT2D eigenvalue weighted by Crippen LogP contribution is -2.44. The zero-order chi connectivity index (χ0) is 13.9. The average molecular weight is 338 g/mol. The number of nitrogens with zero attached hydrogens (tertiary/aromatic N) is 1. The molecule has 110 valence electrons. The maximum atomic E-state index is 13.1. The summed E-state index contributed by atoms with van der Waals surface area (Å²) in [6, 6.07) is 0. The van der Waals surface area contributed by atoms with Gasteiger partial charge in [-0.3, -0.25) is 4.79 Å². The van der Waals surface area contributed by atoms with Crippen molar-refractivity contribution in [3.05, 3.63) is 0 Å². The first-order valence-corrected chi connectivity index (χ1v) is 8.36. The summed E-state index contributed by atoms with van der Waals surface area (Å²) in [4.78, 5) is 14.3. The number of piperidine rings is 1. The van der Waals surface area contributed by atoms with Crippen molar-refractivity contribution >= 4 is 21.8 Å². The van der Waals surface area contributed by atoms with Gasteiger partial charge >= 0.3 is 0 Å². The molecule has 0 radical (unpaired) electrons. The Balaban J connectivity index is 1.85. The molecule has 0 aromatic heterocycles. The van der Waals surface area contributed by atoms with Crippen LogP contribution < -0.4 is 0 Å². The first-order valence-electron chi connectivity index (χ1n) is 7.24. The molecule has 0 bridgehead atoms. The minimum atomic E-state index is -2.54. The van der Waals surface area contributed by atoms with Gasteiger partial charge in [0.1, 0.15) is 0 Å². The zero-order valence-corrected chi connectivity index (χ0v) is 12.8. The topological polar surface area (TPSA) is 20.3 Å². The molecule has 2 aliphatic rings. The molecular formula is C14H22BrF2NO. The molecule has 1 aliphatic carbocycles. The molecule has 19 heavy (non-hydrogen) atoms. The van der Waals surface area contributed by atoms with Gasteiger partial charge in [0.25, 0.3) is 0 Å². The number of hydrogen-bond acceptors (Lipinski definition) is 1. The lowest BCUT2D eigenvalue weighted by molar-refractivity contribution is -0.141. The summed E-state index contributed by atoms with van der Waals surface area (Å²) < 4.78 is 26.2. The number of amides is 1. The molecule has 0 aromatic rings. The van der Waals surface area contributed by atoms with E-state index in [1.807, 2.05) is 4.90 Å². The summed E-state index contributed by atoms with van der Waals surface area (Å²) >= 11 is 3.44. The molecule has 0 spiro atoms. The molecule has 2 rings (SSSR count). The lowest BCUT2D eigenvalue weighted by atomic mass is 9.85. The van der Waals surface area contributed by atoms with Crippen LogP contribution in [0.1, 0.15) is 44.9 Å². The third kappa shape index (κ3) is 4.14. The molecule has 1 atom stereocenters. The molecule has 1 aliphatic heterocycles. The van der Waals surface area contributed by atoms with Gasteiger partial charge in [0.2, 0.25) is 11.8 Å². The fraction of sp³-hybridized carbons (Fsp3) is 0.929. The Hall–Kier alpha value is -0.190. The number of carbonyl (C=O) groups is 1. The van der Waals surface area contributed by atoms with E-state index in [1.54, 1.807) is 0 Å². The Morgan fingerprint density at radius 2 is 1.95 bits per heavy atom. The number of alkyl halides is 3. The highest BCUT2D eigenvalue weighted by molar-refractivity contribution is 9.09. The minimum absolute atomic E-state index is 0.120. The summed E-state index contributed by atoms with van der Waals surface area (Å²) in [5, 5.41) is 0.968. The minimum Gasteiger partial charge on any atom is -0.342 e.